The van der Waals surface area contributed by atoms with Gasteiger partial charge in [-0.05, 0) is 72.0 Å². The van der Waals surface area contributed by atoms with Crippen molar-refractivity contribution in [2.75, 3.05) is 5.32 Å². The summed E-state index contributed by atoms with van der Waals surface area (Å²) in [5.41, 5.74) is 9.11. The first-order valence-corrected chi connectivity index (χ1v) is 10.6. The topological polar surface area (TPSA) is 36.4 Å². The van der Waals surface area contributed by atoms with E-state index in [-0.39, 0.29) is 0 Å². The standard InChI is InChI=1S/C27H29N3/c1-6-7-22-15-23(11-12-24(22)17(2)3)28-16-20-8-9-21-10-13-26-27(25(21)14-20)18(4)29-19(5)30-26/h8-15,28H,2,4,6-7,16H2,1,3,5H3,(H,29,30). The molecule has 4 rings (SSSR count). The maximum atomic E-state index is 4.64. The summed E-state index contributed by atoms with van der Waals surface area (Å²) in [6, 6.07) is 17.4. The zero-order valence-corrected chi connectivity index (χ0v) is 18.1. The van der Waals surface area contributed by atoms with Gasteiger partial charge in [0.25, 0.3) is 0 Å². The van der Waals surface area contributed by atoms with E-state index in [0.29, 0.717) is 0 Å². The molecule has 0 saturated carbocycles. The van der Waals surface area contributed by atoms with Gasteiger partial charge in [0.2, 0.25) is 0 Å². The SMILES string of the molecule is C=C(C)c1ccc(NCc2ccc3ccc4c(c3c2)C(=C)NC(C)=N4)cc1CCC. The Bertz CT molecular complexity index is 1180. The first-order chi connectivity index (χ1) is 14.5. The number of aliphatic imine (C=N–C) groups is 1. The largest absolute Gasteiger partial charge is 0.381 e. The Balaban J connectivity index is 1.62. The summed E-state index contributed by atoms with van der Waals surface area (Å²) in [7, 11) is 0. The van der Waals surface area contributed by atoms with E-state index in [1.165, 1.54) is 27.5 Å². The van der Waals surface area contributed by atoms with E-state index in [9.17, 15) is 0 Å². The molecular weight excluding hydrogens is 366 g/mol. The van der Waals surface area contributed by atoms with Crippen LogP contribution >= 0.6 is 0 Å². The molecule has 1 heterocycles. The Labute approximate surface area is 179 Å². The third-order valence-electron chi connectivity index (χ3n) is 5.57. The molecule has 0 aromatic heterocycles. The van der Waals surface area contributed by atoms with Crippen molar-refractivity contribution >= 4 is 39.3 Å². The monoisotopic (exact) mass is 395 g/mol. The molecule has 30 heavy (non-hydrogen) atoms. The van der Waals surface area contributed by atoms with Gasteiger partial charge < -0.3 is 10.6 Å². The lowest BCUT2D eigenvalue weighted by Gasteiger charge is -2.20. The molecule has 0 atom stereocenters. The minimum absolute atomic E-state index is 0.764. The smallest absolute Gasteiger partial charge is 0.103 e. The van der Waals surface area contributed by atoms with Crippen molar-refractivity contribution in [3.05, 3.63) is 83.9 Å². The van der Waals surface area contributed by atoms with E-state index in [1.54, 1.807) is 0 Å². The number of anilines is 1. The third-order valence-corrected chi connectivity index (χ3v) is 5.57. The second-order valence-corrected chi connectivity index (χ2v) is 8.07. The average Bonchev–Trinajstić information content (AvgIpc) is 2.71. The highest BCUT2D eigenvalue weighted by molar-refractivity contribution is 6.05. The molecule has 1 aliphatic heterocycles. The first-order valence-electron chi connectivity index (χ1n) is 10.6. The van der Waals surface area contributed by atoms with Gasteiger partial charge in [0.05, 0.1) is 5.69 Å². The van der Waals surface area contributed by atoms with E-state index in [4.69, 9.17) is 0 Å². The molecule has 2 N–H and O–H groups in total. The van der Waals surface area contributed by atoms with Gasteiger partial charge in [-0.15, -0.1) is 0 Å². The fourth-order valence-corrected chi connectivity index (χ4v) is 4.17. The van der Waals surface area contributed by atoms with Gasteiger partial charge in [-0.3, -0.25) is 0 Å². The third kappa shape index (κ3) is 3.88. The predicted molar refractivity (Wildman–Crippen MR) is 131 cm³/mol. The van der Waals surface area contributed by atoms with Crippen LogP contribution in [0.25, 0.3) is 22.0 Å². The molecular formula is C27H29N3. The normalized spacial score (nSPS) is 12.9. The van der Waals surface area contributed by atoms with E-state index >= 15 is 0 Å². The van der Waals surface area contributed by atoms with Gasteiger partial charge >= 0.3 is 0 Å². The molecule has 0 aliphatic carbocycles. The van der Waals surface area contributed by atoms with Gasteiger partial charge in [-0.1, -0.05) is 56.3 Å². The van der Waals surface area contributed by atoms with Crippen molar-refractivity contribution in [1.29, 1.82) is 0 Å². The molecule has 0 bridgehead atoms. The van der Waals surface area contributed by atoms with Crippen LogP contribution in [0.1, 0.15) is 49.4 Å². The van der Waals surface area contributed by atoms with Crippen LogP contribution in [0.2, 0.25) is 0 Å². The minimum Gasteiger partial charge on any atom is -0.381 e. The number of hydrogen-bond acceptors (Lipinski definition) is 3. The van der Waals surface area contributed by atoms with Crippen LogP contribution in [-0.4, -0.2) is 5.84 Å². The van der Waals surface area contributed by atoms with Gasteiger partial charge in [0.1, 0.15) is 5.84 Å². The molecule has 3 aromatic carbocycles. The van der Waals surface area contributed by atoms with Gasteiger partial charge in [0.15, 0.2) is 0 Å². The number of nitrogens with zero attached hydrogens (tertiary/aromatic N) is 1. The molecule has 0 unspecified atom stereocenters. The summed E-state index contributed by atoms with van der Waals surface area (Å²) in [5.74, 6) is 0.880. The number of nitrogens with one attached hydrogen (secondary N) is 2. The summed E-state index contributed by atoms with van der Waals surface area (Å²) >= 11 is 0. The van der Waals surface area contributed by atoms with Crippen molar-refractivity contribution in [2.24, 2.45) is 4.99 Å². The maximum Gasteiger partial charge on any atom is 0.103 e. The molecule has 3 heteroatoms. The lowest BCUT2D eigenvalue weighted by molar-refractivity contribution is 0.918. The van der Waals surface area contributed by atoms with Crippen molar-refractivity contribution in [3.63, 3.8) is 0 Å². The summed E-state index contributed by atoms with van der Waals surface area (Å²) in [6.07, 6.45) is 2.19. The number of rotatable bonds is 6. The number of aryl methyl sites for hydroxylation is 1. The highest BCUT2D eigenvalue weighted by Gasteiger charge is 2.16. The highest BCUT2D eigenvalue weighted by Crippen LogP contribution is 2.35. The second-order valence-electron chi connectivity index (χ2n) is 8.07. The minimum atomic E-state index is 0.764. The van der Waals surface area contributed by atoms with Crippen LogP contribution in [0.4, 0.5) is 11.4 Å². The quantitative estimate of drug-likeness (QED) is 0.469. The van der Waals surface area contributed by atoms with E-state index < -0.39 is 0 Å². The molecule has 0 spiro atoms. The molecule has 3 nitrogen and oxygen atoms in total. The van der Waals surface area contributed by atoms with Gasteiger partial charge in [0, 0.05) is 23.5 Å². The summed E-state index contributed by atoms with van der Waals surface area (Å²) in [4.78, 5) is 4.64. The summed E-state index contributed by atoms with van der Waals surface area (Å²) in [6.45, 7) is 15.4. The van der Waals surface area contributed by atoms with E-state index in [0.717, 1.165) is 53.4 Å². The molecule has 0 radical (unpaired) electrons. The zero-order chi connectivity index (χ0) is 21.3. The number of allylic oxidation sites excluding steroid dienone is 1. The van der Waals surface area contributed by atoms with Crippen molar-refractivity contribution in [1.82, 2.24) is 5.32 Å². The Morgan fingerprint density at radius 2 is 1.90 bits per heavy atom. The lowest BCUT2D eigenvalue weighted by Crippen LogP contribution is -2.21. The van der Waals surface area contributed by atoms with Gasteiger partial charge in [-0.25, -0.2) is 4.99 Å². The van der Waals surface area contributed by atoms with E-state index in [2.05, 4.69) is 91.2 Å². The summed E-state index contributed by atoms with van der Waals surface area (Å²) in [5, 5.41) is 9.25. The first kappa shape index (κ1) is 20.0. The molecule has 3 aromatic rings. The zero-order valence-electron chi connectivity index (χ0n) is 18.1. The Morgan fingerprint density at radius 3 is 2.67 bits per heavy atom. The molecule has 1 aliphatic rings. The lowest BCUT2D eigenvalue weighted by atomic mass is 9.97. The van der Waals surface area contributed by atoms with Crippen LogP contribution in [0.3, 0.4) is 0 Å². The van der Waals surface area contributed by atoms with Crippen LogP contribution in [-0.2, 0) is 13.0 Å². The predicted octanol–water partition coefficient (Wildman–Crippen LogP) is 7.06. The summed E-state index contributed by atoms with van der Waals surface area (Å²) < 4.78 is 0. The van der Waals surface area contributed by atoms with E-state index in [1.807, 2.05) is 6.92 Å². The fourth-order valence-electron chi connectivity index (χ4n) is 4.17. The molecule has 0 saturated heterocycles. The van der Waals surface area contributed by atoms with Crippen LogP contribution in [0.15, 0.2) is 66.7 Å². The average molecular weight is 396 g/mol. The van der Waals surface area contributed by atoms with Crippen LogP contribution in [0, 0.1) is 0 Å². The van der Waals surface area contributed by atoms with Crippen molar-refractivity contribution in [3.8, 4) is 0 Å². The van der Waals surface area contributed by atoms with Crippen molar-refractivity contribution in [2.45, 2.75) is 40.2 Å². The van der Waals surface area contributed by atoms with Crippen molar-refractivity contribution < 1.29 is 0 Å². The Morgan fingerprint density at radius 1 is 1.10 bits per heavy atom. The van der Waals surface area contributed by atoms with Gasteiger partial charge in [-0.2, -0.15) is 0 Å². The number of benzene rings is 3. The number of fused-ring (bicyclic) bond motifs is 3. The number of hydrogen-bond donors (Lipinski definition) is 2. The fraction of sp³-hybridized carbons (Fsp3) is 0.222. The molecule has 0 amide bonds. The number of amidine groups is 1. The molecule has 0 fully saturated rings. The van der Waals surface area contributed by atoms with Crippen LogP contribution < -0.4 is 10.6 Å². The highest BCUT2D eigenvalue weighted by atomic mass is 15.0. The Hall–Kier alpha value is -3.33. The Kier molecular flexibility index (Phi) is 5.45. The maximum absolute atomic E-state index is 4.64. The molecule has 152 valence electrons. The van der Waals surface area contributed by atoms with Crippen LogP contribution in [0.5, 0.6) is 0 Å². The second kappa shape index (κ2) is 8.19.